The summed E-state index contributed by atoms with van der Waals surface area (Å²) in [6, 6.07) is 0. The van der Waals surface area contributed by atoms with E-state index in [0.29, 0.717) is 13.1 Å². The molecule has 13 heavy (non-hydrogen) atoms. The first-order valence-corrected chi connectivity index (χ1v) is 4.65. The molecule has 3 N–H and O–H groups in total. The number of carbonyl (C=O) groups excluding carboxylic acids is 1. The van der Waals surface area contributed by atoms with Crippen molar-refractivity contribution in [1.82, 2.24) is 4.90 Å². The fourth-order valence-corrected chi connectivity index (χ4v) is 1.67. The fourth-order valence-electron chi connectivity index (χ4n) is 1.67. The lowest BCUT2D eigenvalue weighted by Crippen LogP contribution is -2.36. The van der Waals surface area contributed by atoms with Gasteiger partial charge in [-0.3, -0.25) is 9.69 Å². The Morgan fingerprint density at radius 3 is 2.77 bits per heavy atom. The fraction of sp³-hybridized carbons (Fsp3) is 0.889. The number of amides is 1. The molecule has 1 rings (SSSR count). The maximum absolute atomic E-state index is 10.8. The average molecular weight is 186 g/mol. The van der Waals surface area contributed by atoms with Gasteiger partial charge >= 0.3 is 0 Å². The summed E-state index contributed by atoms with van der Waals surface area (Å²) < 4.78 is 0. The molecule has 0 aromatic carbocycles. The lowest BCUT2D eigenvalue weighted by Gasteiger charge is -2.20. The quantitative estimate of drug-likeness (QED) is 0.628. The van der Waals surface area contributed by atoms with E-state index in [2.05, 4.69) is 4.90 Å². The monoisotopic (exact) mass is 186 g/mol. The molecule has 1 fully saturated rings. The number of hydrogen-bond acceptors (Lipinski definition) is 3. The minimum absolute atomic E-state index is 0.131. The van der Waals surface area contributed by atoms with E-state index in [1.54, 1.807) is 0 Å². The van der Waals surface area contributed by atoms with Gasteiger partial charge in [0.25, 0.3) is 0 Å². The van der Waals surface area contributed by atoms with Gasteiger partial charge in [0.15, 0.2) is 0 Å². The molecule has 1 amide bonds. The molecule has 4 heteroatoms. The summed E-state index contributed by atoms with van der Waals surface area (Å²) >= 11 is 0. The standard InChI is InChI=1S/C9H18N2O2/c1-7(8(10)12)5-11-4-3-9(2,13)6-11/h7,13H,3-6H2,1-2H3,(H2,10,12). The van der Waals surface area contributed by atoms with Crippen LogP contribution in [0.4, 0.5) is 0 Å². The molecule has 1 saturated heterocycles. The minimum atomic E-state index is -0.586. The zero-order chi connectivity index (χ0) is 10.1. The molecular formula is C9H18N2O2. The molecule has 2 unspecified atom stereocenters. The molecule has 0 aromatic rings. The van der Waals surface area contributed by atoms with Crippen LogP contribution in [0.5, 0.6) is 0 Å². The van der Waals surface area contributed by atoms with Crippen molar-refractivity contribution >= 4 is 5.91 Å². The van der Waals surface area contributed by atoms with Crippen molar-refractivity contribution in [3.8, 4) is 0 Å². The highest BCUT2D eigenvalue weighted by atomic mass is 16.3. The van der Waals surface area contributed by atoms with Gasteiger partial charge in [-0.25, -0.2) is 0 Å². The van der Waals surface area contributed by atoms with E-state index >= 15 is 0 Å². The number of nitrogens with zero attached hydrogens (tertiary/aromatic N) is 1. The maximum atomic E-state index is 10.8. The van der Waals surface area contributed by atoms with Gasteiger partial charge in [-0.05, 0) is 13.3 Å². The third-order valence-electron chi connectivity index (χ3n) is 2.55. The van der Waals surface area contributed by atoms with Crippen LogP contribution < -0.4 is 5.73 Å². The second kappa shape index (κ2) is 3.64. The predicted octanol–water partition coefficient (Wildman–Crippen LogP) is -0.435. The number of likely N-dealkylation sites (tertiary alicyclic amines) is 1. The van der Waals surface area contributed by atoms with Crippen LogP contribution in [0.1, 0.15) is 20.3 Å². The minimum Gasteiger partial charge on any atom is -0.389 e. The zero-order valence-corrected chi connectivity index (χ0v) is 8.29. The molecular weight excluding hydrogens is 168 g/mol. The summed E-state index contributed by atoms with van der Waals surface area (Å²) in [5.74, 6) is -0.402. The maximum Gasteiger partial charge on any atom is 0.221 e. The Kier molecular flexibility index (Phi) is 2.93. The van der Waals surface area contributed by atoms with Crippen LogP contribution in [-0.2, 0) is 4.79 Å². The van der Waals surface area contributed by atoms with Gasteiger partial charge in [0.2, 0.25) is 5.91 Å². The molecule has 0 aliphatic carbocycles. The molecule has 4 nitrogen and oxygen atoms in total. The number of hydrogen-bond donors (Lipinski definition) is 2. The second-order valence-electron chi connectivity index (χ2n) is 4.29. The zero-order valence-electron chi connectivity index (χ0n) is 8.29. The van der Waals surface area contributed by atoms with E-state index < -0.39 is 5.60 Å². The lowest BCUT2D eigenvalue weighted by molar-refractivity contribution is -0.121. The number of aliphatic hydroxyl groups is 1. The number of β-amino-alcohol motifs (C(OH)–C–C–N with tert-alkyl or cyclic N) is 1. The summed E-state index contributed by atoms with van der Waals surface area (Å²) in [6.45, 7) is 5.79. The van der Waals surface area contributed by atoms with Crippen molar-refractivity contribution < 1.29 is 9.90 Å². The van der Waals surface area contributed by atoms with Crippen LogP contribution in [0, 0.1) is 5.92 Å². The molecule has 0 bridgehead atoms. The van der Waals surface area contributed by atoms with E-state index in [0.717, 1.165) is 13.0 Å². The first-order valence-electron chi connectivity index (χ1n) is 4.65. The molecule has 0 radical (unpaired) electrons. The molecule has 2 atom stereocenters. The highest BCUT2D eigenvalue weighted by Gasteiger charge is 2.32. The van der Waals surface area contributed by atoms with E-state index in [1.165, 1.54) is 0 Å². The van der Waals surface area contributed by atoms with Gasteiger partial charge in [0.05, 0.1) is 5.60 Å². The Balaban J connectivity index is 2.36. The van der Waals surface area contributed by atoms with Crippen LogP contribution in [0.3, 0.4) is 0 Å². The summed E-state index contributed by atoms with van der Waals surface area (Å²) in [6.07, 6.45) is 0.776. The smallest absolute Gasteiger partial charge is 0.221 e. The Morgan fingerprint density at radius 1 is 1.77 bits per heavy atom. The first kappa shape index (κ1) is 10.5. The third-order valence-corrected chi connectivity index (χ3v) is 2.55. The molecule has 1 aliphatic heterocycles. The molecule has 0 aromatic heterocycles. The molecule has 0 saturated carbocycles. The number of nitrogens with two attached hydrogens (primary N) is 1. The Labute approximate surface area is 78.7 Å². The van der Waals surface area contributed by atoms with Crippen LogP contribution in [0.2, 0.25) is 0 Å². The van der Waals surface area contributed by atoms with Crippen LogP contribution >= 0.6 is 0 Å². The van der Waals surface area contributed by atoms with Gasteiger partial charge < -0.3 is 10.8 Å². The SMILES string of the molecule is CC(CN1CCC(C)(O)C1)C(N)=O. The van der Waals surface area contributed by atoms with Gasteiger partial charge in [-0.15, -0.1) is 0 Å². The van der Waals surface area contributed by atoms with Crippen molar-refractivity contribution in [2.24, 2.45) is 11.7 Å². The van der Waals surface area contributed by atoms with Crippen molar-refractivity contribution in [3.05, 3.63) is 0 Å². The lowest BCUT2D eigenvalue weighted by atomic mass is 10.1. The predicted molar refractivity (Wildman–Crippen MR) is 50.0 cm³/mol. The molecule has 1 heterocycles. The van der Waals surface area contributed by atoms with Crippen molar-refractivity contribution in [3.63, 3.8) is 0 Å². The van der Waals surface area contributed by atoms with Crippen LogP contribution in [0.15, 0.2) is 0 Å². The topological polar surface area (TPSA) is 66.6 Å². The number of carbonyl (C=O) groups is 1. The van der Waals surface area contributed by atoms with Crippen molar-refractivity contribution in [2.45, 2.75) is 25.9 Å². The van der Waals surface area contributed by atoms with Gasteiger partial charge in [0.1, 0.15) is 0 Å². The summed E-state index contributed by atoms with van der Waals surface area (Å²) in [7, 11) is 0. The summed E-state index contributed by atoms with van der Waals surface area (Å²) in [5, 5.41) is 9.66. The number of rotatable bonds is 3. The third kappa shape index (κ3) is 2.97. The Hall–Kier alpha value is -0.610. The molecule has 76 valence electrons. The number of primary amides is 1. The Bertz CT molecular complexity index is 204. The molecule has 1 aliphatic rings. The highest BCUT2D eigenvalue weighted by molar-refractivity contribution is 5.76. The van der Waals surface area contributed by atoms with Gasteiger partial charge in [-0.2, -0.15) is 0 Å². The summed E-state index contributed by atoms with van der Waals surface area (Å²) in [5.41, 5.74) is 4.57. The van der Waals surface area contributed by atoms with E-state index in [-0.39, 0.29) is 11.8 Å². The normalized spacial score (nSPS) is 31.9. The molecule has 0 spiro atoms. The summed E-state index contributed by atoms with van der Waals surface area (Å²) in [4.78, 5) is 12.9. The Morgan fingerprint density at radius 2 is 2.38 bits per heavy atom. The van der Waals surface area contributed by atoms with E-state index in [4.69, 9.17) is 5.73 Å². The first-order chi connectivity index (χ1) is 5.91. The van der Waals surface area contributed by atoms with Gasteiger partial charge in [0, 0.05) is 25.6 Å². The van der Waals surface area contributed by atoms with Crippen LogP contribution in [-0.4, -0.2) is 41.1 Å². The van der Waals surface area contributed by atoms with E-state index in [9.17, 15) is 9.90 Å². The van der Waals surface area contributed by atoms with Gasteiger partial charge in [-0.1, -0.05) is 6.92 Å². The largest absolute Gasteiger partial charge is 0.389 e. The van der Waals surface area contributed by atoms with Crippen molar-refractivity contribution in [2.75, 3.05) is 19.6 Å². The second-order valence-corrected chi connectivity index (χ2v) is 4.29. The highest BCUT2D eigenvalue weighted by Crippen LogP contribution is 2.20. The van der Waals surface area contributed by atoms with Crippen LogP contribution in [0.25, 0.3) is 0 Å². The van der Waals surface area contributed by atoms with Crippen molar-refractivity contribution in [1.29, 1.82) is 0 Å². The van der Waals surface area contributed by atoms with E-state index in [1.807, 2.05) is 13.8 Å². The average Bonchev–Trinajstić information content (AvgIpc) is 2.30.